The van der Waals surface area contributed by atoms with Gasteiger partial charge in [0.2, 0.25) is 0 Å². The van der Waals surface area contributed by atoms with Gasteiger partial charge in [-0.3, -0.25) is 9.69 Å². The average Bonchev–Trinajstić information content (AvgIpc) is 3.23. The van der Waals surface area contributed by atoms with E-state index in [4.69, 9.17) is 14.5 Å². The van der Waals surface area contributed by atoms with Crippen molar-refractivity contribution < 1.29 is 14.3 Å². The molecule has 0 bridgehead atoms. The molecule has 0 atom stereocenters. The van der Waals surface area contributed by atoms with Gasteiger partial charge in [-0.05, 0) is 31.2 Å². The highest BCUT2D eigenvalue weighted by molar-refractivity contribution is 7.22. The highest BCUT2D eigenvalue weighted by Crippen LogP contribution is 2.39. The maximum Gasteiger partial charge on any atom is 0.251 e. The van der Waals surface area contributed by atoms with Gasteiger partial charge >= 0.3 is 0 Å². The Kier molecular flexibility index (Phi) is 6.58. The number of amides is 1. The molecule has 0 aliphatic carbocycles. The average molecular weight is 441 g/mol. The lowest BCUT2D eigenvalue weighted by Crippen LogP contribution is -2.48. The van der Waals surface area contributed by atoms with Gasteiger partial charge in [-0.1, -0.05) is 29.0 Å². The van der Waals surface area contributed by atoms with Gasteiger partial charge in [0.25, 0.3) is 5.91 Å². The maximum atomic E-state index is 12.3. The molecule has 2 aromatic carbocycles. The van der Waals surface area contributed by atoms with Crippen LogP contribution >= 0.6 is 11.3 Å². The van der Waals surface area contributed by atoms with E-state index in [1.807, 2.05) is 43.3 Å². The minimum atomic E-state index is -0.0128. The Morgan fingerprint density at radius 1 is 1.13 bits per heavy atom. The van der Waals surface area contributed by atoms with Crippen molar-refractivity contribution in [1.29, 1.82) is 0 Å². The van der Waals surface area contributed by atoms with Gasteiger partial charge in [-0.2, -0.15) is 0 Å². The van der Waals surface area contributed by atoms with Crippen LogP contribution < -0.4 is 19.7 Å². The molecule has 1 fully saturated rings. The van der Waals surface area contributed by atoms with Crippen molar-refractivity contribution in [2.24, 2.45) is 0 Å². The summed E-state index contributed by atoms with van der Waals surface area (Å²) in [4.78, 5) is 21.8. The van der Waals surface area contributed by atoms with Crippen molar-refractivity contribution >= 4 is 32.6 Å². The van der Waals surface area contributed by atoms with Crippen LogP contribution in [0.15, 0.2) is 36.4 Å². The summed E-state index contributed by atoms with van der Waals surface area (Å²) in [5, 5.41) is 4.04. The van der Waals surface area contributed by atoms with E-state index in [-0.39, 0.29) is 5.91 Å². The van der Waals surface area contributed by atoms with E-state index in [1.54, 1.807) is 25.6 Å². The third kappa shape index (κ3) is 4.75. The van der Waals surface area contributed by atoms with Crippen molar-refractivity contribution in [1.82, 2.24) is 15.2 Å². The summed E-state index contributed by atoms with van der Waals surface area (Å²) < 4.78 is 12.0. The Morgan fingerprint density at radius 3 is 2.65 bits per heavy atom. The van der Waals surface area contributed by atoms with E-state index in [0.717, 1.165) is 53.6 Å². The molecule has 0 unspecified atom stereocenters. The number of benzene rings is 2. The van der Waals surface area contributed by atoms with Crippen LogP contribution in [0, 0.1) is 6.92 Å². The SMILES string of the molecule is COc1ccc2sc(N3CCN(CCNC(=O)c4cccc(C)c4)CC3)nc2c1OC. The number of carbonyl (C=O) groups excluding carboxylic acids is 1. The maximum absolute atomic E-state index is 12.3. The molecule has 4 rings (SSSR count). The number of thiazole rings is 1. The highest BCUT2D eigenvalue weighted by atomic mass is 32.1. The first-order chi connectivity index (χ1) is 15.1. The molecule has 164 valence electrons. The summed E-state index contributed by atoms with van der Waals surface area (Å²) in [5.74, 6) is 1.37. The van der Waals surface area contributed by atoms with Gasteiger partial charge in [0.15, 0.2) is 16.6 Å². The number of carbonyl (C=O) groups is 1. The summed E-state index contributed by atoms with van der Waals surface area (Å²) in [6.07, 6.45) is 0. The van der Waals surface area contributed by atoms with Crippen molar-refractivity contribution in [3.05, 3.63) is 47.5 Å². The van der Waals surface area contributed by atoms with E-state index >= 15 is 0 Å². The molecule has 1 aliphatic rings. The van der Waals surface area contributed by atoms with E-state index in [1.165, 1.54) is 0 Å². The van der Waals surface area contributed by atoms with Gasteiger partial charge < -0.3 is 19.7 Å². The molecule has 1 N–H and O–H groups in total. The lowest BCUT2D eigenvalue weighted by atomic mass is 10.1. The van der Waals surface area contributed by atoms with Crippen LogP contribution in [0.25, 0.3) is 10.2 Å². The highest BCUT2D eigenvalue weighted by Gasteiger charge is 2.21. The molecule has 0 spiro atoms. The van der Waals surface area contributed by atoms with Gasteiger partial charge in [0, 0.05) is 44.8 Å². The summed E-state index contributed by atoms with van der Waals surface area (Å²) in [6, 6.07) is 11.6. The number of nitrogens with one attached hydrogen (secondary N) is 1. The number of fused-ring (bicyclic) bond motifs is 1. The molecule has 7 nitrogen and oxygen atoms in total. The molecule has 31 heavy (non-hydrogen) atoms. The fraction of sp³-hybridized carbons (Fsp3) is 0.391. The van der Waals surface area contributed by atoms with Gasteiger partial charge in [0.05, 0.1) is 18.9 Å². The number of nitrogens with zero attached hydrogens (tertiary/aromatic N) is 3. The van der Waals surface area contributed by atoms with Crippen LogP contribution in [-0.4, -0.2) is 69.3 Å². The topological polar surface area (TPSA) is 66.9 Å². The fourth-order valence-corrected chi connectivity index (χ4v) is 4.83. The summed E-state index contributed by atoms with van der Waals surface area (Å²) in [7, 11) is 3.28. The second-order valence-corrected chi connectivity index (χ2v) is 8.61. The lowest BCUT2D eigenvalue weighted by Gasteiger charge is -2.34. The monoisotopic (exact) mass is 440 g/mol. The Hall–Kier alpha value is -2.84. The standard InChI is InChI=1S/C23H28N4O3S/c1-16-5-4-6-17(15-16)22(28)24-9-10-26-11-13-27(14-12-26)23-25-20-19(31-23)8-7-18(29-2)21(20)30-3/h4-8,15H,9-14H2,1-3H3,(H,24,28). The first-order valence-electron chi connectivity index (χ1n) is 10.4. The Labute approximate surface area is 186 Å². The minimum Gasteiger partial charge on any atom is -0.493 e. The number of aromatic nitrogens is 1. The lowest BCUT2D eigenvalue weighted by molar-refractivity contribution is 0.0947. The van der Waals surface area contributed by atoms with E-state index in [0.29, 0.717) is 23.6 Å². The van der Waals surface area contributed by atoms with Crippen LogP contribution in [0.1, 0.15) is 15.9 Å². The van der Waals surface area contributed by atoms with E-state index < -0.39 is 0 Å². The molecule has 1 aliphatic heterocycles. The molecule has 0 saturated carbocycles. The zero-order valence-corrected chi connectivity index (χ0v) is 19.0. The van der Waals surface area contributed by atoms with E-state index in [9.17, 15) is 4.79 Å². The third-order valence-corrected chi connectivity index (χ3v) is 6.61. The summed E-state index contributed by atoms with van der Waals surface area (Å²) >= 11 is 1.68. The Bertz CT molecular complexity index is 1060. The summed E-state index contributed by atoms with van der Waals surface area (Å²) in [5.41, 5.74) is 2.66. The first kappa shape index (κ1) is 21.4. The van der Waals surface area contributed by atoms with Crippen molar-refractivity contribution in [2.75, 3.05) is 58.4 Å². The largest absolute Gasteiger partial charge is 0.493 e. The van der Waals surface area contributed by atoms with Crippen LogP contribution in [0.5, 0.6) is 11.5 Å². The Balaban J connectivity index is 1.30. The number of anilines is 1. The molecule has 8 heteroatoms. The normalized spacial score (nSPS) is 14.6. The number of aryl methyl sites for hydroxylation is 1. The Morgan fingerprint density at radius 2 is 1.94 bits per heavy atom. The van der Waals surface area contributed by atoms with Gasteiger partial charge in [-0.25, -0.2) is 4.98 Å². The predicted molar refractivity (Wildman–Crippen MR) is 125 cm³/mol. The van der Waals surface area contributed by atoms with Gasteiger partial charge in [0.1, 0.15) is 5.52 Å². The number of piperazine rings is 1. The van der Waals surface area contributed by atoms with E-state index in [2.05, 4.69) is 15.1 Å². The molecule has 1 amide bonds. The zero-order chi connectivity index (χ0) is 21.8. The molecule has 3 aromatic rings. The predicted octanol–water partition coefficient (Wildman–Crippen LogP) is 3.17. The third-order valence-electron chi connectivity index (χ3n) is 5.53. The van der Waals surface area contributed by atoms with Gasteiger partial charge in [-0.15, -0.1) is 0 Å². The van der Waals surface area contributed by atoms with Crippen molar-refractivity contribution in [3.63, 3.8) is 0 Å². The minimum absolute atomic E-state index is 0.0128. The second kappa shape index (κ2) is 9.53. The van der Waals surface area contributed by atoms with Crippen LogP contribution in [0.3, 0.4) is 0 Å². The number of ether oxygens (including phenoxy) is 2. The molecular formula is C23H28N4O3S. The zero-order valence-electron chi connectivity index (χ0n) is 18.2. The van der Waals surface area contributed by atoms with Crippen molar-refractivity contribution in [3.8, 4) is 11.5 Å². The van der Waals surface area contributed by atoms with Crippen LogP contribution in [-0.2, 0) is 0 Å². The molecule has 0 radical (unpaired) electrons. The summed E-state index contributed by atoms with van der Waals surface area (Å²) in [6.45, 7) is 7.18. The first-order valence-corrected chi connectivity index (χ1v) is 11.2. The number of hydrogen-bond acceptors (Lipinski definition) is 7. The molecule has 1 saturated heterocycles. The quantitative estimate of drug-likeness (QED) is 0.609. The smallest absolute Gasteiger partial charge is 0.251 e. The number of hydrogen-bond donors (Lipinski definition) is 1. The molecular weight excluding hydrogens is 412 g/mol. The molecule has 1 aromatic heterocycles. The van der Waals surface area contributed by atoms with Crippen molar-refractivity contribution in [2.45, 2.75) is 6.92 Å². The molecule has 2 heterocycles. The van der Waals surface area contributed by atoms with Crippen LogP contribution in [0.4, 0.5) is 5.13 Å². The second-order valence-electron chi connectivity index (χ2n) is 7.60. The van der Waals surface area contributed by atoms with Crippen LogP contribution in [0.2, 0.25) is 0 Å². The number of methoxy groups -OCH3 is 2. The fourth-order valence-electron chi connectivity index (χ4n) is 3.81. The number of rotatable bonds is 7.